The van der Waals surface area contributed by atoms with Crippen LogP contribution in [0, 0.1) is 12.3 Å². The summed E-state index contributed by atoms with van der Waals surface area (Å²) in [5.74, 6) is 3.00. The van der Waals surface area contributed by atoms with Crippen LogP contribution in [0.4, 0.5) is 16.3 Å². The van der Waals surface area contributed by atoms with E-state index in [1.54, 1.807) is 12.1 Å². The van der Waals surface area contributed by atoms with Crippen molar-refractivity contribution in [1.29, 1.82) is 0 Å². The van der Waals surface area contributed by atoms with Gasteiger partial charge in [0.15, 0.2) is 0 Å². The SMILES string of the molecule is C#CCNC(=O)Nc1ccc(Oc2ncnc(N)c2/C=N/OC)cc1Cl. The van der Waals surface area contributed by atoms with Crippen molar-refractivity contribution in [2.24, 2.45) is 5.16 Å². The molecule has 1 aromatic heterocycles. The number of nitrogens with one attached hydrogen (secondary N) is 2. The number of urea groups is 1. The molecule has 0 bridgehead atoms. The van der Waals surface area contributed by atoms with Crippen LogP contribution in [0.15, 0.2) is 29.7 Å². The van der Waals surface area contributed by atoms with Gasteiger partial charge in [0.1, 0.15) is 30.6 Å². The van der Waals surface area contributed by atoms with E-state index in [9.17, 15) is 4.79 Å². The summed E-state index contributed by atoms with van der Waals surface area (Å²) in [7, 11) is 1.39. The van der Waals surface area contributed by atoms with Crippen molar-refractivity contribution in [2.45, 2.75) is 0 Å². The Labute approximate surface area is 154 Å². The number of nitrogens with zero attached hydrogens (tertiary/aromatic N) is 3. The third-order valence-electron chi connectivity index (χ3n) is 2.92. The number of anilines is 2. The summed E-state index contributed by atoms with van der Waals surface area (Å²) in [5.41, 5.74) is 6.53. The average Bonchev–Trinajstić information content (AvgIpc) is 2.62. The Balaban J connectivity index is 2.18. The summed E-state index contributed by atoms with van der Waals surface area (Å²) in [4.78, 5) is 24.1. The molecule has 2 amide bonds. The highest BCUT2D eigenvalue weighted by Crippen LogP contribution is 2.30. The van der Waals surface area contributed by atoms with Gasteiger partial charge in [0.2, 0.25) is 5.88 Å². The average molecular weight is 375 g/mol. The van der Waals surface area contributed by atoms with Gasteiger partial charge in [-0.1, -0.05) is 22.7 Å². The van der Waals surface area contributed by atoms with Gasteiger partial charge in [-0.05, 0) is 12.1 Å². The van der Waals surface area contributed by atoms with Crippen molar-refractivity contribution < 1.29 is 14.4 Å². The zero-order valence-corrected chi connectivity index (χ0v) is 14.4. The first-order valence-electron chi connectivity index (χ1n) is 7.18. The number of nitrogens with two attached hydrogens (primary N) is 1. The standard InChI is InChI=1S/C16H15ClN6O3/c1-3-6-19-16(24)23-13-5-4-10(7-12(13)17)26-15-11(8-22-25-2)14(18)20-9-21-15/h1,4-5,7-9H,6H2,2H3,(H2,18,20,21)(H2,19,23,24)/b22-8+. The Bertz CT molecular complexity index is 866. The number of halogens is 1. The number of oxime groups is 1. The first-order valence-corrected chi connectivity index (χ1v) is 7.55. The number of ether oxygens (including phenoxy) is 1. The Hall–Kier alpha value is -3.51. The number of aromatic nitrogens is 2. The number of terminal acetylenes is 1. The van der Waals surface area contributed by atoms with E-state index in [0.717, 1.165) is 0 Å². The number of benzene rings is 1. The van der Waals surface area contributed by atoms with E-state index < -0.39 is 6.03 Å². The summed E-state index contributed by atoms with van der Waals surface area (Å²) in [6, 6.07) is 4.20. The molecule has 9 nitrogen and oxygen atoms in total. The number of hydrogen-bond donors (Lipinski definition) is 3. The van der Waals surface area contributed by atoms with Gasteiger partial charge in [-0.3, -0.25) is 0 Å². The van der Waals surface area contributed by atoms with Gasteiger partial charge in [-0.15, -0.1) is 6.42 Å². The minimum atomic E-state index is -0.472. The first kappa shape index (κ1) is 18.8. The number of carbonyl (C=O) groups excluding carboxylic acids is 1. The smallest absolute Gasteiger partial charge is 0.320 e. The summed E-state index contributed by atoms with van der Waals surface area (Å²) in [6.45, 7) is 0.103. The maximum Gasteiger partial charge on any atom is 0.320 e. The Morgan fingerprint density at radius 3 is 3.00 bits per heavy atom. The van der Waals surface area contributed by atoms with Gasteiger partial charge in [0, 0.05) is 6.07 Å². The molecular weight excluding hydrogens is 360 g/mol. The van der Waals surface area contributed by atoms with Crippen LogP contribution in [0.25, 0.3) is 0 Å². The van der Waals surface area contributed by atoms with Crippen LogP contribution < -0.4 is 21.1 Å². The Kier molecular flexibility index (Phi) is 6.59. The lowest BCUT2D eigenvalue weighted by Crippen LogP contribution is -2.28. The topological polar surface area (TPSA) is 124 Å². The highest BCUT2D eigenvalue weighted by Gasteiger charge is 2.12. The number of hydrogen-bond acceptors (Lipinski definition) is 7. The highest BCUT2D eigenvalue weighted by atomic mass is 35.5. The van der Waals surface area contributed by atoms with Crippen molar-refractivity contribution in [3.63, 3.8) is 0 Å². The number of carbonyl (C=O) groups is 1. The zero-order chi connectivity index (χ0) is 18.9. The summed E-state index contributed by atoms with van der Waals surface area (Å²) in [6.07, 6.45) is 7.66. The minimum absolute atomic E-state index is 0.103. The molecule has 0 fully saturated rings. The fourth-order valence-corrected chi connectivity index (χ4v) is 1.99. The maximum atomic E-state index is 11.6. The van der Waals surface area contributed by atoms with E-state index in [4.69, 9.17) is 28.5 Å². The highest BCUT2D eigenvalue weighted by molar-refractivity contribution is 6.33. The molecule has 0 aliphatic carbocycles. The molecule has 0 saturated carbocycles. The van der Waals surface area contributed by atoms with Gasteiger partial charge in [-0.2, -0.15) is 0 Å². The predicted octanol–water partition coefficient (Wildman–Crippen LogP) is 2.24. The molecule has 0 spiro atoms. The molecule has 1 aromatic carbocycles. The van der Waals surface area contributed by atoms with Crippen LogP contribution in [0.1, 0.15) is 5.56 Å². The summed E-state index contributed by atoms with van der Waals surface area (Å²) < 4.78 is 5.68. The molecule has 0 unspecified atom stereocenters. The fraction of sp³-hybridized carbons (Fsp3) is 0.125. The van der Waals surface area contributed by atoms with Crippen molar-refractivity contribution in [3.05, 3.63) is 35.1 Å². The van der Waals surface area contributed by atoms with Crippen LogP contribution in [-0.2, 0) is 4.84 Å². The van der Waals surface area contributed by atoms with E-state index >= 15 is 0 Å². The second-order valence-corrected chi connectivity index (χ2v) is 5.06. The quantitative estimate of drug-likeness (QED) is 0.404. The van der Waals surface area contributed by atoms with Crippen LogP contribution in [-0.4, -0.2) is 35.9 Å². The monoisotopic (exact) mass is 374 g/mol. The van der Waals surface area contributed by atoms with E-state index in [1.807, 2.05) is 0 Å². The van der Waals surface area contributed by atoms with Gasteiger partial charge >= 0.3 is 6.03 Å². The predicted molar refractivity (Wildman–Crippen MR) is 98.4 cm³/mol. The maximum absolute atomic E-state index is 11.6. The minimum Gasteiger partial charge on any atom is -0.438 e. The van der Waals surface area contributed by atoms with Crippen LogP contribution in [0.3, 0.4) is 0 Å². The summed E-state index contributed by atoms with van der Waals surface area (Å²) in [5, 5.41) is 8.92. The third kappa shape index (κ3) is 4.99. The molecule has 134 valence electrons. The largest absolute Gasteiger partial charge is 0.438 e. The molecule has 0 aliphatic heterocycles. The van der Waals surface area contributed by atoms with E-state index in [1.165, 1.54) is 25.7 Å². The molecule has 2 rings (SSSR count). The lowest BCUT2D eigenvalue weighted by Gasteiger charge is -2.11. The van der Waals surface area contributed by atoms with Gasteiger partial charge in [0.25, 0.3) is 0 Å². The lowest BCUT2D eigenvalue weighted by atomic mass is 10.3. The fourth-order valence-electron chi connectivity index (χ4n) is 1.77. The van der Waals surface area contributed by atoms with Crippen molar-refractivity contribution in [3.8, 4) is 24.0 Å². The van der Waals surface area contributed by atoms with E-state index in [-0.39, 0.29) is 23.3 Å². The molecule has 1 heterocycles. The van der Waals surface area contributed by atoms with E-state index in [2.05, 4.69) is 36.5 Å². The molecule has 10 heteroatoms. The molecule has 0 saturated heterocycles. The van der Waals surface area contributed by atoms with Gasteiger partial charge in [0.05, 0.1) is 23.5 Å². The summed E-state index contributed by atoms with van der Waals surface area (Å²) >= 11 is 6.16. The Morgan fingerprint density at radius 2 is 2.31 bits per heavy atom. The molecule has 2 aromatic rings. The molecule has 0 aliphatic rings. The van der Waals surface area contributed by atoms with Crippen LogP contribution in [0.2, 0.25) is 5.02 Å². The number of rotatable bonds is 6. The normalized spacial score (nSPS) is 10.2. The molecular formula is C16H15ClN6O3. The first-order chi connectivity index (χ1) is 12.5. The number of amides is 2. The van der Waals surface area contributed by atoms with E-state index in [0.29, 0.717) is 17.0 Å². The number of nitrogen functional groups attached to an aromatic ring is 1. The second-order valence-electron chi connectivity index (χ2n) is 4.65. The van der Waals surface area contributed by atoms with Crippen molar-refractivity contribution in [2.75, 3.05) is 24.7 Å². The molecule has 0 atom stereocenters. The van der Waals surface area contributed by atoms with Crippen molar-refractivity contribution >= 4 is 35.4 Å². The van der Waals surface area contributed by atoms with Crippen LogP contribution >= 0.6 is 11.6 Å². The van der Waals surface area contributed by atoms with Crippen LogP contribution in [0.5, 0.6) is 11.6 Å². The third-order valence-corrected chi connectivity index (χ3v) is 3.23. The molecule has 4 N–H and O–H groups in total. The van der Waals surface area contributed by atoms with Crippen molar-refractivity contribution in [1.82, 2.24) is 15.3 Å². The van der Waals surface area contributed by atoms with Gasteiger partial charge in [-0.25, -0.2) is 14.8 Å². The molecule has 0 radical (unpaired) electrons. The molecule has 26 heavy (non-hydrogen) atoms. The zero-order valence-electron chi connectivity index (χ0n) is 13.7. The second kappa shape index (κ2) is 9.10. The lowest BCUT2D eigenvalue weighted by molar-refractivity contribution is 0.215. The van der Waals surface area contributed by atoms with Gasteiger partial charge < -0.3 is 25.9 Å². The Morgan fingerprint density at radius 1 is 1.50 bits per heavy atom.